The van der Waals surface area contributed by atoms with Crippen molar-refractivity contribution in [2.75, 3.05) is 18.4 Å². The molecule has 2 rings (SSSR count). The fourth-order valence-corrected chi connectivity index (χ4v) is 2.85. The number of rotatable bonds is 5. The molecule has 0 bridgehead atoms. The summed E-state index contributed by atoms with van der Waals surface area (Å²) >= 11 is 0. The Morgan fingerprint density at radius 2 is 2.26 bits per heavy atom. The summed E-state index contributed by atoms with van der Waals surface area (Å²) in [5.41, 5.74) is 0.619. The molecule has 128 valence electrons. The first-order valence-corrected chi connectivity index (χ1v) is 8.61. The number of hydrogen-bond acceptors (Lipinski definition) is 4. The van der Waals surface area contributed by atoms with E-state index in [0.717, 1.165) is 50.2 Å². The summed E-state index contributed by atoms with van der Waals surface area (Å²) in [5.74, 6) is 0.890. The largest absolute Gasteiger partial charge is 0.444 e. The molecule has 0 saturated carbocycles. The first kappa shape index (κ1) is 17.6. The molecule has 1 fully saturated rings. The van der Waals surface area contributed by atoms with Gasteiger partial charge in [0.2, 0.25) is 0 Å². The van der Waals surface area contributed by atoms with Crippen LogP contribution < -0.4 is 5.32 Å². The number of nitrogens with zero attached hydrogens (tertiary/aromatic N) is 2. The molecule has 1 aliphatic rings. The van der Waals surface area contributed by atoms with Crippen LogP contribution in [0.2, 0.25) is 0 Å². The molecule has 1 atom stereocenters. The smallest absolute Gasteiger partial charge is 0.410 e. The van der Waals surface area contributed by atoms with E-state index in [9.17, 15) is 4.79 Å². The van der Waals surface area contributed by atoms with Gasteiger partial charge in [0.15, 0.2) is 0 Å². The molecule has 1 N–H and O–H groups in total. The van der Waals surface area contributed by atoms with E-state index >= 15 is 0 Å². The molecule has 1 aliphatic heterocycles. The summed E-state index contributed by atoms with van der Waals surface area (Å²) in [5, 5.41) is 3.41. The molecule has 5 nitrogen and oxygen atoms in total. The van der Waals surface area contributed by atoms with Gasteiger partial charge in [0, 0.05) is 24.8 Å². The highest BCUT2D eigenvalue weighted by molar-refractivity contribution is 5.70. The third-order valence-electron chi connectivity index (χ3n) is 3.90. The maximum absolute atomic E-state index is 12.5. The van der Waals surface area contributed by atoms with E-state index in [1.54, 1.807) is 6.20 Å². The molecule has 0 aromatic carbocycles. The molecule has 1 aromatic rings. The van der Waals surface area contributed by atoms with Crippen LogP contribution in [0.1, 0.15) is 65.0 Å². The number of carbonyl (C=O) groups is 1. The third-order valence-corrected chi connectivity index (χ3v) is 3.90. The van der Waals surface area contributed by atoms with Gasteiger partial charge in [0.1, 0.15) is 11.4 Å². The quantitative estimate of drug-likeness (QED) is 0.819. The number of amides is 1. The molecule has 5 heteroatoms. The maximum atomic E-state index is 12.5. The van der Waals surface area contributed by atoms with Crippen molar-refractivity contribution < 1.29 is 9.53 Å². The minimum Gasteiger partial charge on any atom is -0.444 e. The van der Waals surface area contributed by atoms with Crippen molar-refractivity contribution in [3.8, 4) is 0 Å². The van der Waals surface area contributed by atoms with Crippen molar-refractivity contribution in [3.05, 3.63) is 23.9 Å². The van der Waals surface area contributed by atoms with Crippen molar-refractivity contribution in [3.63, 3.8) is 0 Å². The van der Waals surface area contributed by atoms with Crippen LogP contribution >= 0.6 is 0 Å². The van der Waals surface area contributed by atoms with Crippen LogP contribution in [0.3, 0.4) is 0 Å². The van der Waals surface area contributed by atoms with Crippen molar-refractivity contribution in [2.24, 2.45) is 0 Å². The monoisotopic (exact) mass is 319 g/mol. The number of ether oxygens (including phenoxy) is 1. The summed E-state index contributed by atoms with van der Waals surface area (Å²) in [6.45, 7) is 9.51. The molecule has 2 heterocycles. The SMILES string of the molecule is CCCCNc1ncccc1C1CCCN1C(=O)OC(C)(C)C. The first-order chi connectivity index (χ1) is 10.9. The van der Waals surface area contributed by atoms with Gasteiger partial charge in [0.05, 0.1) is 6.04 Å². The average molecular weight is 319 g/mol. The van der Waals surface area contributed by atoms with Gasteiger partial charge in [-0.15, -0.1) is 0 Å². The van der Waals surface area contributed by atoms with E-state index in [2.05, 4.69) is 23.3 Å². The van der Waals surface area contributed by atoms with Gasteiger partial charge in [-0.2, -0.15) is 0 Å². The van der Waals surface area contributed by atoms with Crippen LogP contribution in [0.4, 0.5) is 10.6 Å². The van der Waals surface area contributed by atoms with E-state index in [0.29, 0.717) is 0 Å². The number of unbranched alkanes of at least 4 members (excludes halogenated alkanes) is 1. The second-order valence-electron chi connectivity index (χ2n) is 7.05. The lowest BCUT2D eigenvalue weighted by atomic mass is 10.1. The van der Waals surface area contributed by atoms with Gasteiger partial charge in [-0.3, -0.25) is 0 Å². The molecule has 0 aliphatic carbocycles. The molecule has 1 amide bonds. The fraction of sp³-hybridized carbons (Fsp3) is 0.667. The van der Waals surface area contributed by atoms with Gasteiger partial charge in [-0.05, 0) is 46.1 Å². The molecule has 1 aromatic heterocycles. The number of carbonyl (C=O) groups excluding carboxylic acids is 1. The second kappa shape index (κ2) is 7.66. The topological polar surface area (TPSA) is 54.5 Å². The lowest BCUT2D eigenvalue weighted by Gasteiger charge is -2.29. The molecular weight excluding hydrogens is 290 g/mol. The molecule has 1 saturated heterocycles. The minimum absolute atomic E-state index is 0.0441. The van der Waals surface area contributed by atoms with Crippen LogP contribution in [-0.2, 0) is 4.74 Å². The molecule has 0 spiro atoms. The predicted molar refractivity (Wildman–Crippen MR) is 92.5 cm³/mol. The van der Waals surface area contributed by atoms with E-state index < -0.39 is 5.60 Å². The molecule has 23 heavy (non-hydrogen) atoms. The summed E-state index contributed by atoms with van der Waals surface area (Å²) in [6.07, 6.45) is 5.76. The van der Waals surface area contributed by atoms with E-state index in [4.69, 9.17) is 4.74 Å². The normalized spacial score (nSPS) is 18.1. The maximum Gasteiger partial charge on any atom is 0.410 e. The Balaban J connectivity index is 2.14. The Labute approximate surface area is 139 Å². The Hall–Kier alpha value is -1.78. The van der Waals surface area contributed by atoms with Crippen LogP contribution in [0, 0.1) is 0 Å². The zero-order valence-corrected chi connectivity index (χ0v) is 14.8. The van der Waals surface area contributed by atoms with Gasteiger partial charge in [-0.1, -0.05) is 19.4 Å². The Bertz CT molecular complexity index is 525. The highest BCUT2D eigenvalue weighted by atomic mass is 16.6. The van der Waals surface area contributed by atoms with E-state index in [1.807, 2.05) is 31.7 Å². The average Bonchev–Trinajstić information content (AvgIpc) is 2.96. The Morgan fingerprint density at radius 3 is 2.96 bits per heavy atom. The summed E-state index contributed by atoms with van der Waals surface area (Å²) < 4.78 is 5.56. The predicted octanol–water partition coefficient (Wildman–Crippen LogP) is 4.37. The summed E-state index contributed by atoms with van der Waals surface area (Å²) in [7, 11) is 0. The number of aromatic nitrogens is 1. The zero-order chi connectivity index (χ0) is 16.9. The lowest BCUT2D eigenvalue weighted by molar-refractivity contribution is 0.0225. The summed E-state index contributed by atoms with van der Waals surface area (Å²) in [4.78, 5) is 18.8. The van der Waals surface area contributed by atoms with Crippen LogP contribution in [0.5, 0.6) is 0 Å². The van der Waals surface area contributed by atoms with Crippen LogP contribution in [-0.4, -0.2) is 34.7 Å². The van der Waals surface area contributed by atoms with Crippen molar-refractivity contribution in [1.29, 1.82) is 0 Å². The molecular formula is C18H29N3O2. The zero-order valence-electron chi connectivity index (χ0n) is 14.8. The number of pyridine rings is 1. The first-order valence-electron chi connectivity index (χ1n) is 8.61. The molecule has 0 radical (unpaired) electrons. The van der Waals surface area contributed by atoms with Gasteiger partial charge >= 0.3 is 6.09 Å². The standard InChI is InChI=1S/C18H29N3O2/c1-5-6-11-19-16-14(9-7-12-20-16)15-10-8-13-21(15)17(22)23-18(2,3)4/h7,9,12,15H,5-6,8,10-11,13H2,1-4H3,(H,19,20). The summed E-state index contributed by atoms with van der Waals surface area (Å²) in [6, 6.07) is 4.04. The Kier molecular flexibility index (Phi) is 5.85. The van der Waals surface area contributed by atoms with E-state index in [-0.39, 0.29) is 12.1 Å². The van der Waals surface area contributed by atoms with Crippen molar-refractivity contribution in [2.45, 2.75) is 65.0 Å². The number of likely N-dealkylation sites (tertiary alicyclic amines) is 1. The number of hydrogen-bond donors (Lipinski definition) is 1. The van der Waals surface area contributed by atoms with Crippen LogP contribution in [0.25, 0.3) is 0 Å². The van der Waals surface area contributed by atoms with Crippen molar-refractivity contribution >= 4 is 11.9 Å². The third kappa shape index (κ3) is 4.85. The van der Waals surface area contributed by atoms with Gasteiger partial charge in [-0.25, -0.2) is 9.78 Å². The second-order valence-corrected chi connectivity index (χ2v) is 7.05. The van der Waals surface area contributed by atoms with Crippen molar-refractivity contribution in [1.82, 2.24) is 9.88 Å². The van der Waals surface area contributed by atoms with Crippen LogP contribution in [0.15, 0.2) is 18.3 Å². The number of anilines is 1. The number of nitrogens with one attached hydrogen (secondary N) is 1. The van der Waals surface area contributed by atoms with E-state index in [1.165, 1.54) is 0 Å². The van der Waals surface area contributed by atoms with Gasteiger partial charge in [0.25, 0.3) is 0 Å². The highest BCUT2D eigenvalue weighted by Gasteiger charge is 2.34. The Morgan fingerprint density at radius 1 is 1.48 bits per heavy atom. The fourth-order valence-electron chi connectivity index (χ4n) is 2.85. The van der Waals surface area contributed by atoms with Gasteiger partial charge < -0.3 is 15.0 Å². The molecule has 1 unspecified atom stereocenters. The highest BCUT2D eigenvalue weighted by Crippen LogP contribution is 2.36. The lowest BCUT2D eigenvalue weighted by Crippen LogP contribution is -2.36. The minimum atomic E-state index is -0.471.